The first-order chi connectivity index (χ1) is 17.1. The number of hydrogen-bond acceptors (Lipinski definition) is 4. The molecule has 0 saturated carbocycles. The number of rotatable bonds is 6. The van der Waals surface area contributed by atoms with Gasteiger partial charge in [-0.25, -0.2) is 0 Å². The van der Waals surface area contributed by atoms with E-state index in [1.165, 1.54) is 0 Å². The monoisotopic (exact) mass is 469 g/mol. The summed E-state index contributed by atoms with van der Waals surface area (Å²) in [6.07, 6.45) is 2.80. The number of benzene rings is 2. The summed E-state index contributed by atoms with van der Waals surface area (Å²) in [6, 6.07) is 20.4. The SMILES string of the molecule is O=C(O)[C@@H](c1c[nH]c2cc(OCc3ccccc3)ccc12)N1C[C@@H]2C[C@@H](C1)c1cccc(=O)n1C2. The predicted octanol–water partition coefficient (Wildman–Crippen LogP) is 4.15. The van der Waals surface area contributed by atoms with E-state index < -0.39 is 12.0 Å². The zero-order chi connectivity index (χ0) is 23.9. The molecule has 2 aliphatic heterocycles. The van der Waals surface area contributed by atoms with Crippen LogP contribution in [0.15, 0.2) is 77.7 Å². The lowest BCUT2D eigenvalue weighted by Gasteiger charge is -2.44. The first-order valence-electron chi connectivity index (χ1n) is 12.0. The molecular formula is C28H27N3O4. The average Bonchev–Trinajstić information content (AvgIpc) is 3.27. The summed E-state index contributed by atoms with van der Waals surface area (Å²) >= 11 is 0. The summed E-state index contributed by atoms with van der Waals surface area (Å²) in [6.45, 7) is 2.38. The van der Waals surface area contributed by atoms with Crippen LogP contribution in [0.4, 0.5) is 0 Å². The fourth-order valence-corrected chi connectivity index (χ4v) is 5.81. The van der Waals surface area contributed by atoms with Crippen LogP contribution in [0.25, 0.3) is 10.9 Å². The van der Waals surface area contributed by atoms with Gasteiger partial charge in [0, 0.05) is 66.0 Å². The maximum Gasteiger partial charge on any atom is 0.325 e. The molecule has 2 bridgehead atoms. The zero-order valence-corrected chi connectivity index (χ0v) is 19.3. The first-order valence-corrected chi connectivity index (χ1v) is 12.0. The second kappa shape index (κ2) is 8.74. The summed E-state index contributed by atoms with van der Waals surface area (Å²) in [4.78, 5) is 30.2. The lowest BCUT2D eigenvalue weighted by Crippen LogP contribution is -2.49. The molecule has 0 aliphatic carbocycles. The van der Waals surface area contributed by atoms with Crippen LogP contribution in [0.3, 0.4) is 0 Å². The molecule has 0 unspecified atom stereocenters. The molecule has 2 aromatic heterocycles. The molecule has 4 aromatic rings. The molecule has 2 aliphatic rings. The van der Waals surface area contributed by atoms with E-state index in [1.54, 1.807) is 12.1 Å². The Balaban J connectivity index is 1.27. The average molecular weight is 470 g/mol. The summed E-state index contributed by atoms with van der Waals surface area (Å²) in [5.74, 6) is 0.282. The maximum absolute atomic E-state index is 12.6. The van der Waals surface area contributed by atoms with Gasteiger partial charge in [-0.1, -0.05) is 36.4 Å². The second-order valence-electron chi connectivity index (χ2n) is 9.62. The predicted molar refractivity (Wildman–Crippen MR) is 133 cm³/mol. The highest BCUT2D eigenvalue weighted by Crippen LogP contribution is 2.40. The quantitative estimate of drug-likeness (QED) is 0.443. The molecule has 0 spiro atoms. The van der Waals surface area contributed by atoms with Gasteiger partial charge >= 0.3 is 5.97 Å². The fourth-order valence-electron chi connectivity index (χ4n) is 5.81. The number of carboxylic acids is 1. The van der Waals surface area contributed by atoms with Crippen LogP contribution in [0.1, 0.15) is 35.2 Å². The smallest absolute Gasteiger partial charge is 0.325 e. The summed E-state index contributed by atoms with van der Waals surface area (Å²) in [7, 11) is 0. The molecule has 2 aromatic carbocycles. The van der Waals surface area contributed by atoms with E-state index in [-0.39, 0.29) is 17.4 Å². The standard InChI is InChI=1S/C28H27N3O4/c32-26-8-4-7-25-20-11-19(15-31(25)26)14-30(16-20)27(28(33)34)23-13-29-24-12-21(9-10-22(23)24)35-17-18-5-2-1-3-6-18/h1-10,12-13,19-20,27,29H,11,14-17H2,(H,33,34)/t19-,20-,27+/m0/s1. The molecule has 0 radical (unpaired) electrons. The van der Waals surface area contributed by atoms with Crippen LogP contribution >= 0.6 is 0 Å². The summed E-state index contributed by atoms with van der Waals surface area (Å²) in [5.41, 5.74) is 3.74. The number of likely N-dealkylation sites (tertiary alicyclic amines) is 1. The third-order valence-corrected chi connectivity index (χ3v) is 7.34. The van der Waals surface area contributed by atoms with Crippen molar-refractivity contribution in [2.24, 2.45) is 5.92 Å². The summed E-state index contributed by atoms with van der Waals surface area (Å²) < 4.78 is 7.82. The maximum atomic E-state index is 12.6. The van der Waals surface area contributed by atoms with Crippen molar-refractivity contribution in [3.05, 3.63) is 100 Å². The topological polar surface area (TPSA) is 87.6 Å². The number of nitrogens with zero attached hydrogens (tertiary/aromatic N) is 2. The number of aromatic nitrogens is 2. The fraction of sp³-hybridized carbons (Fsp3) is 0.286. The molecule has 2 N–H and O–H groups in total. The number of nitrogens with one attached hydrogen (secondary N) is 1. The Kier molecular flexibility index (Phi) is 5.41. The highest BCUT2D eigenvalue weighted by atomic mass is 16.5. The van der Waals surface area contributed by atoms with E-state index in [9.17, 15) is 14.7 Å². The zero-order valence-electron chi connectivity index (χ0n) is 19.3. The van der Waals surface area contributed by atoms with E-state index in [0.717, 1.165) is 39.9 Å². The Morgan fingerprint density at radius 3 is 2.74 bits per heavy atom. The Hall–Kier alpha value is -3.84. The molecule has 7 nitrogen and oxygen atoms in total. The highest BCUT2D eigenvalue weighted by molar-refractivity contribution is 5.90. The number of carbonyl (C=O) groups is 1. The van der Waals surface area contributed by atoms with Crippen LogP contribution in [0.2, 0.25) is 0 Å². The lowest BCUT2D eigenvalue weighted by molar-refractivity contribution is -0.144. The molecular weight excluding hydrogens is 442 g/mol. The minimum absolute atomic E-state index is 0.0300. The molecule has 7 heteroatoms. The number of aliphatic carboxylic acids is 1. The van der Waals surface area contributed by atoms with Crippen molar-refractivity contribution >= 4 is 16.9 Å². The third-order valence-electron chi connectivity index (χ3n) is 7.34. The van der Waals surface area contributed by atoms with Crippen LogP contribution < -0.4 is 10.3 Å². The Morgan fingerprint density at radius 1 is 1.06 bits per heavy atom. The Bertz CT molecular complexity index is 1440. The van der Waals surface area contributed by atoms with E-state index in [4.69, 9.17) is 4.74 Å². The summed E-state index contributed by atoms with van der Waals surface area (Å²) in [5, 5.41) is 11.2. The molecule has 6 rings (SSSR count). The van der Waals surface area contributed by atoms with Crippen molar-refractivity contribution in [2.45, 2.75) is 31.5 Å². The molecule has 178 valence electrons. The largest absolute Gasteiger partial charge is 0.489 e. The lowest BCUT2D eigenvalue weighted by atomic mass is 9.82. The highest BCUT2D eigenvalue weighted by Gasteiger charge is 2.40. The second-order valence-corrected chi connectivity index (χ2v) is 9.62. The minimum atomic E-state index is -0.860. The normalized spacial score (nSPS) is 20.3. The van der Waals surface area contributed by atoms with Gasteiger partial charge in [-0.05, 0) is 36.1 Å². The van der Waals surface area contributed by atoms with Crippen LogP contribution in [0.5, 0.6) is 5.75 Å². The van der Waals surface area contributed by atoms with Crippen molar-refractivity contribution in [3.8, 4) is 5.75 Å². The van der Waals surface area contributed by atoms with Crippen molar-refractivity contribution in [1.29, 1.82) is 0 Å². The number of carboxylic acid groups (broad SMARTS) is 1. The van der Waals surface area contributed by atoms with Gasteiger partial charge in [-0.15, -0.1) is 0 Å². The van der Waals surface area contributed by atoms with Crippen molar-refractivity contribution in [1.82, 2.24) is 14.5 Å². The Labute approximate surface area is 202 Å². The number of fused-ring (bicyclic) bond motifs is 5. The third kappa shape index (κ3) is 4.02. The number of H-pyrrole nitrogens is 1. The molecule has 4 heterocycles. The van der Waals surface area contributed by atoms with E-state index in [2.05, 4.69) is 9.88 Å². The van der Waals surface area contributed by atoms with Crippen molar-refractivity contribution in [2.75, 3.05) is 13.1 Å². The minimum Gasteiger partial charge on any atom is -0.489 e. The van der Waals surface area contributed by atoms with Crippen LogP contribution in [-0.4, -0.2) is 38.6 Å². The van der Waals surface area contributed by atoms with E-state index in [1.807, 2.05) is 65.4 Å². The van der Waals surface area contributed by atoms with E-state index in [0.29, 0.717) is 26.2 Å². The molecule has 1 fully saturated rings. The molecule has 0 amide bonds. The van der Waals surface area contributed by atoms with Crippen LogP contribution in [0, 0.1) is 5.92 Å². The van der Waals surface area contributed by atoms with Crippen molar-refractivity contribution < 1.29 is 14.6 Å². The van der Waals surface area contributed by atoms with Gasteiger partial charge in [0.15, 0.2) is 0 Å². The number of piperidine rings is 1. The molecule has 3 atom stereocenters. The number of pyridine rings is 1. The van der Waals surface area contributed by atoms with Gasteiger partial charge in [0.2, 0.25) is 0 Å². The molecule has 1 saturated heterocycles. The number of aromatic amines is 1. The van der Waals surface area contributed by atoms with E-state index >= 15 is 0 Å². The number of hydrogen-bond donors (Lipinski definition) is 2. The Morgan fingerprint density at radius 2 is 1.91 bits per heavy atom. The van der Waals surface area contributed by atoms with Gasteiger partial charge < -0.3 is 19.4 Å². The van der Waals surface area contributed by atoms with Crippen molar-refractivity contribution in [3.63, 3.8) is 0 Å². The molecule has 35 heavy (non-hydrogen) atoms. The van der Waals surface area contributed by atoms with Gasteiger partial charge in [0.1, 0.15) is 18.4 Å². The first kappa shape index (κ1) is 21.7. The number of ether oxygens (including phenoxy) is 1. The van der Waals surface area contributed by atoms with Crippen LogP contribution in [-0.2, 0) is 17.9 Å². The van der Waals surface area contributed by atoms with Gasteiger partial charge in [-0.3, -0.25) is 14.5 Å². The van der Waals surface area contributed by atoms with Gasteiger partial charge in [0.05, 0.1) is 0 Å². The van der Waals surface area contributed by atoms with Gasteiger partial charge in [-0.2, -0.15) is 0 Å². The van der Waals surface area contributed by atoms with Gasteiger partial charge in [0.25, 0.3) is 5.56 Å².